The molecule has 0 spiro atoms. The van der Waals surface area contributed by atoms with Crippen LogP contribution in [0.2, 0.25) is 15.1 Å². The molecule has 5 heteroatoms. The van der Waals surface area contributed by atoms with Crippen molar-refractivity contribution in [3.63, 3.8) is 0 Å². The fourth-order valence-corrected chi connectivity index (χ4v) is 3.47. The molecule has 0 unspecified atom stereocenters. The van der Waals surface area contributed by atoms with Crippen LogP contribution in [0.1, 0.15) is 5.56 Å². The van der Waals surface area contributed by atoms with E-state index < -0.39 is 0 Å². The molecule has 2 aromatic rings. The molecule has 0 saturated carbocycles. The highest BCUT2D eigenvalue weighted by atomic mass is 35.5. The Kier molecular flexibility index (Phi) is 5.14. The van der Waals surface area contributed by atoms with Gasteiger partial charge in [0.25, 0.3) is 0 Å². The molecule has 1 heterocycles. The fraction of sp³-hybridized carbons (Fsp3) is 0.294. The van der Waals surface area contributed by atoms with E-state index in [1.165, 1.54) is 0 Å². The SMILES string of the molecule is Clc1ccc(CN2CCN(c3ccccc3Cl)CC2)c(Cl)c1. The zero-order valence-electron chi connectivity index (χ0n) is 12.1. The van der Waals surface area contributed by atoms with Gasteiger partial charge in [-0.15, -0.1) is 0 Å². The number of piperazine rings is 1. The van der Waals surface area contributed by atoms with Gasteiger partial charge < -0.3 is 4.90 Å². The second-order valence-electron chi connectivity index (χ2n) is 5.45. The average Bonchev–Trinajstić information content (AvgIpc) is 2.51. The lowest BCUT2D eigenvalue weighted by atomic mass is 10.2. The Hall–Kier alpha value is -0.930. The molecule has 0 radical (unpaired) electrons. The van der Waals surface area contributed by atoms with Crippen molar-refractivity contribution in [2.75, 3.05) is 31.1 Å². The van der Waals surface area contributed by atoms with E-state index in [-0.39, 0.29) is 0 Å². The molecule has 0 atom stereocenters. The third kappa shape index (κ3) is 3.69. The third-order valence-electron chi connectivity index (χ3n) is 3.97. The van der Waals surface area contributed by atoms with Crippen molar-refractivity contribution >= 4 is 40.5 Å². The van der Waals surface area contributed by atoms with Crippen molar-refractivity contribution in [1.82, 2.24) is 4.90 Å². The number of rotatable bonds is 3. The van der Waals surface area contributed by atoms with E-state index in [2.05, 4.69) is 15.9 Å². The Morgan fingerprint density at radius 3 is 2.23 bits per heavy atom. The van der Waals surface area contributed by atoms with E-state index >= 15 is 0 Å². The molecule has 116 valence electrons. The third-order valence-corrected chi connectivity index (χ3v) is 4.88. The van der Waals surface area contributed by atoms with Gasteiger partial charge in [-0.3, -0.25) is 4.90 Å². The Labute approximate surface area is 146 Å². The van der Waals surface area contributed by atoms with Crippen LogP contribution in [-0.2, 0) is 6.54 Å². The lowest BCUT2D eigenvalue weighted by Gasteiger charge is -2.36. The molecule has 1 aliphatic rings. The Balaban J connectivity index is 1.61. The summed E-state index contributed by atoms with van der Waals surface area (Å²) in [6, 6.07) is 13.7. The molecular weight excluding hydrogens is 339 g/mol. The van der Waals surface area contributed by atoms with Gasteiger partial charge >= 0.3 is 0 Å². The van der Waals surface area contributed by atoms with Crippen LogP contribution in [0.4, 0.5) is 5.69 Å². The number of hydrogen-bond acceptors (Lipinski definition) is 2. The van der Waals surface area contributed by atoms with Crippen molar-refractivity contribution in [1.29, 1.82) is 0 Å². The van der Waals surface area contributed by atoms with Crippen molar-refractivity contribution in [3.8, 4) is 0 Å². The first kappa shape index (κ1) is 15.9. The van der Waals surface area contributed by atoms with E-state index in [0.717, 1.165) is 54.0 Å². The van der Waals surface area contributed by atoms with Crippen molar-refractivity contribution in [2.24, 2.45) is 0 Å². The van der Waals surface area contributed by atoms with Gasteiger partial charge in [0.05, 0.1) is 10.7 Å². The highest BCUT2D eigenvalue weighted by molar-refractivity contribution is 6.35. The summed E-state index contributed by atoms with van der Waals surface area (Å²) in [5.41, 5.74) is 2.24. The molecule has 1 fully saturated rings. The normalized spacial score (nSPS) is 16.0. The van der Waals surface area contributed by atoms with Gasteiger partial charge in [-0.2, -0.15) is 0 Å². The number of hydrogen-bond donors (Lipinski definition) is 0. The van der Waals surface area contributed by atoms with E-state index in [9.17, 15) is 0 Å². The Morgan fingerprint density at radius 1 is 0.818 bits per heavy atom. The van der Waals surface area contributed by atoms with Crippen molar-refractivity contribution in [2.45, 2.75) is 6.54 Å². The summed E-state index contributed by atoms with van der Waals surface area (Å²) >= 11 is 18.5. The van der Waals surface area contributed by atoms with E-state index in [1.54, 1.807) is 6.07 Å². The predicted octanol–water partition coefficient (Wildman–Crippen LogP) is 4.97. The maximum Gasteiger partial charge on any atom is 0.0639 e. The standard InChI is InChI=1S/C17H17Cl3N2/c18-14-6-5-13(16(20)11-14)12-21-7-9-22(10-8-21)17-4-2-1-3-15(17)19/h1-6,11H,7-10,12H2. The number of benzene rings is 2. The van der Waals surface area contributed by atoms with E-state index in [4.69, 9.17) is 34.8 Å². The average molecular weight is 356 g/mol. The highest BCUT2D eigenvalue weighted by Crippen LogP contribution is 2.27. The number of para-hydroxylation sites is 1. The van der Waals surface area contributed by atoms with Crippen LogP contribution in [0.25, 0.3) is 0 Å². The van der Waals surface area contributed by atoms with Gasteiger partial charge in [0, 0.05) is 42.8 Å². The summed E-state index contributed by atoms with van der Waals surface area (Å²) in [5.74, 6) is 0. The molecule has 22 heavy (non-hydrogen) atoms. The number of halogens is 3. The molecule has 0 bridgehead atoms. The first-order valence-corrected chi connectivity index (χ1v) is 8.42. The topological polar surface area (TPSA) is 6.48 Å². The molecule has 0 amide bonds. The zero-order valence-corrected chi connectivity index (χ0v) is 14.4. The molecular formula is C17H17Cl3N2. The summed E-state index contributed by atoms with van der Waals surface area (Å²) in [6.07, 6.45) is 0. The number of anilines is 1. The lowest BCUT2D eigenvalue weighted by Crippen LogP contribution is -2.46. The predicted molar refractivity (Wildman–Crippen MR) is 95.4 cm³/mol. The Bertz CT molecular complexity index is 652. The maximum atomic E-state index is 6.27. The minimum atomic E-state index is 0.678. The van der Waals surface area contributed by atoms with Gasteiger partial charge in [0.2, 0.25) is 0 Å². The fourth-order valence-electron chi connectivity index (χ4n) is 2.75. The molecule has 1 aliphatic heterocycles. The second kappa shape index (κ2) is 7.10. The van der Waals surface area contributed by atoms with Gasteiger partial charge in [-0.05, 0) is 29.8 Å². The van der Waals surface area contributed by atoms with Gasteiger partial charge in [-0.1, -0.05) is 53.0 Å². The van der Waals surface area contributed by atoms with Crippen LogP contribution in [0.15, 0.2) is 42.5 Å². The summed E-state index contributed by atoms with van der Waals surface area (Å²) in [5, 5.41) is 2.23. The smallest absolute Gasteiger partial charge is 0.0639 e. The molecule has 2 nitrogen and oxygen atoms in total. The summed E-state index contributed by atoms with van der Waals surface area (Å²) in [7, 11) is 0. The largest absolute Gasteiger partial charge is 0.368 e. The molecule has 0 aromatic heterocycles. The summed E-state index contributed by atoms with van der Waals surface area (Å²) < 4.78 is 0. The van der Waals surface area contributed by atoms with Gasteiger partial charge in [-0.25, -0.2) is 0 Å². The van der Waals surface area contributed by atoms with E-state index in [1.807, 2.05) is 30.3 Å². The van der Waals surface area contributed by atoms with Crippen molar-refractivity contribution in [3.05, 3.63) is 63.1 Å². The van der Waals surface area contributed by atoms with Crippen LogP contribution in [0.5, 0.6) is 0 Å². The molecule has 3 rings (SSSR count). The maximum absolute atomic E-state index is 6.27. The van der Waals surface area contributed by atoms with Gasteiger partial charge in [0.15, 0.2) is 0 Å². The molecule has 0 N–H and O–H groups in total. The van der Waals surface area contributed by atoms with Crippen LogP contribution in [0, 0.1) is 0 Å². The van der Waals surface area contributed by atoms with Crippen LogP contribution in [0.3, 0.4) is 0 Å². The van der Waals surface area contributed by atoms with Crippen LogP contribution >= 0.6 is 34.8 Å². The molecule has 2 aromatic carbocycles. The van der Waals surface area contributed by atoms with Crippen LogP contribution in [-0.4, -0.2) is 31.1 Å². The Morgan fingerprint density at radius 2 is 1.55 bits per heavy atom. The lowest BCUT2D eigenvalue weighted by molar-refractivity contribution is 0.250. The van der Waals surface area contributed by atoms with Gasteiger partial charge in [0.1, 0.15) is 0 Å². The van der Waals surface area contributed by atoms with Crippen LogP contribution < -0.4 is 4.90 Å². The first-order chi connectivity index (χ1) is 10.6. The zero-order chi connectivity index (χ0) is 15.5. The summed E-state index contributed by atoms with van der Waals surface area (Å²) in [4.78, 5) is 4.74. The molecule has 0 aliphatic carbocycles. The monoisotopic (exact) mass is 354 g/mol. The van der Waals surface area contributed by atoms with Crippen molar-refractivity contribution < 1.29 is 0 Å². The highest BCUT2D eigenvalue weighted by Gasteiger charge is 2.19. The molecule has 1 saturated heterocycles. The van der Waals surface area contributed by atoms with E-state index in [0.29, 0.717) is 5.02 Å². The first-order valence-electron chi connectivity index (χ1n) is 7.29. The second-order valence-corrected chi connectivity index (χ2v) is 6.70. The minimum Gasteiger partial charge on any atom is -0.368 e. The summed E-state index contributed by atoms with van der Waals surface area (Å²) in [6.45, 7) is 4.77. The minimum absolute atomic E-state index is 0.678. The quantitative estimate of drug-likeness (QED) is 0.767. The number of nitrogens with zero attached hydrogens (tertiary/aromatic N) is 2.